The Hall–Kier alpha value is -3.33. The lowest BCUT2D eigenvalue weighted by Gasteiger charge is -2.27. The zero-order chi connectivity index (χ0) is 27.1. The van der Waals surface area contributed by atoms with Gasteiger partial charge in [0.1, 0.15) is 23.2 Å². The molecule has 5 heteroatoms. The van der Waals surface area contributed by atoms with Crippen LogP contribution < -0.4 is 37.6 Å². The molecule has 0 spiro atoms. The van der Waals surface area contributed by atoms with Crippen LogP contribution in [0, 0.1) is 11.6 Å². The Morgan fingerprint density at radius 2 is 1.10 bits per heavy atom. The average molecular weight is 618 g/mol. The third kappa shape index (κ3) is 6.19. The molecule has 0 amide bonds. The van der Waals surface area contributed by atoms with Crippen molar-refractivity contribution in [3.8, 4) is 16.9 Å². The maximum atomic E-state index is 14.7. The molecule has 0 bridgehead atoms. The van der Waals surface area contributed by atoms with E-state index in [0.717, 1.165) is 19.0 Å². The van der Waals surface area contributed by atoms with Gasteiger partial charge in [0.15, 0.2) is 11.6 Å². The fraction of sp³-hybridized carbons (Fsp3) is 0.143. The first kappa shape index (κ1) is 29.6. The highest BCUT2D eigenvalue weighted by atomic mass is 79.9. The number of benzene rings is 5. The minimum Gasteiger partial charge on any atom is -1.00 e. The number of halogens is 3. The SMILES string of the molecule is CCOc1ccc(-c2ccc(CCC[P+](c3ccccc3)(c3ccccc3)c3ccccc3)cc2)c(F)c1F.[Br-]. The van der Waals surface area contributed by atoms with Crippen LogP contribution in [0.4, 0.5) is 8.78 Å². The quantitative estimate of drug-likeness (QED) is 0.202. The van der Waals surface area contributed by atoms with E-state index in [-0.39, 0.29) is 34.9 Å². The normalized spacial score (nSPS) is 11.1. The summed E-state index contributed by atoms with van der Waals surface area (Å²) in [7, 11) is -1.87. The van der Waals surface area contributed by atoms with Crippen LogP contribution in [-0.4, -0.2) is 12.8 Å². The Morgan fingerprint density at radius 1 is 0.600 bits per heavy atom. The zero-order valence-electron chi connectivity index (χ0n) is 22.4. The molecule has 0 heterocycles. The van der Waals surface area contributed by atoms with Crippen LogP contribution in [0.25, 0.3) is 11.1 Å². The van der Waals surface area contributed by atoms with Crippen LogP contribution in [0.1, 0.15) is 18.9 Å². The van der Waals surface area contributed by atoms with Crippen LogP contribution in [0.2, 0.25) is 0 Å². The van der Waals surface area contributed by atoms with Crippen molar-refractivity contribution in [1.29, 1.82) is 0 Å². The Labute approximate surface area is 247 Å². The highest BCUT2D eigenvalue weighted by molar-refractivity contribution is 7.95. The van der Waals surface area contributed by atoms with Crippen LogP contribution in [0.3, 0.4) is 0 Å². The fourth-order valence-corrected chi connectivity index (χ4v) is 9.62. The monoisotopic (exact) mass is 616 g/mol. The summed E-state index contributed by atoms with van der Waals surface area (Å²) >= 11 is 0. The molecule has 0 fully saturated rings. The first-order valence-electron chi connectivity index (χ1n) is 13.4. The van der Waals surface area contributed by atoms with Crippen LogP contribution >= 0.6 is 7.26 Å². The van der Waals surface area contributed by atoms with E-state index in [1.807, 2.05) is 24.3 Å². The minimum absolute atomic E-state index is 0. The van der Waals surface area contributed by atoms with Gasteiger partial charge >= 0.3 is 0 Å². The molecule has 0 unspecified atom stereocenters. The lowest BCUT2D eigenvalue weighted by atomic mass is 10.0. The van der Waals surface area contributed by atoms with Crippen molar-refractivity contribution in [2.24, 2.45) is 0 Å². The summed E-state index contributed by atoms with van der Waals surface area (Å²) in [5.74, 6) is -1.88. The molecule has 0 aliphatic heterocycles. The molecular formula is C35H32BrF2OP. The first-order valence-corrected chi connectivity index (χ1v) is 15.4. The summed E-state index contributed by atoms with van der Waals surface area (Å²) in [6, 6.07) is 43.6. The third-order valence-corrected chi connectivity index (χ3v) is 11.7. The molecule has 0 aliphatic rings. The summed E-state index contributed by atoms with van der Waals surface area (Å²) in [4.78, 5) is 0. The number of rotatable bonds is 10. The van der Waals surface area contributed by atoms with Gasteiger partial charge in [-0.15, -0.1) is 0 Å². The molecule has 0 saturated carbocycles. The summed E-state index contributed by atoms with van der Waals surface area (Å²) in [5, 5.41) is 4.14. The molecule has 0 radical (unpaired) electrons. The van der Waals surface area contributed by atoms with Gasteiger partial charge in [-0.2, -0.15) is 4.39 Å². The highest BCUT2D eigenvalue weighted by Gasteiger charge is 2.44. The van der Waals surface area contributed by atoms with Gasteiger partial charge in [-0.3, -0.25) is 0 Å². The Morgan fingerprint density at radius 3 is 1.57 bits per heavy atom. The Kier molecular flexibility index (Phi) is 10.3. The van der Waals surface area contributed by atoms with Crippen molar-refractivity contribution in [2.45, 2.75) is 19.8 Å². The van der Waals surface area contributed by atoms with E-state index in [2.05, 4.69) is 91.0 Å². The van der Waals surface area contributed by atoms with Gasteiger partial charge in [0.05, 0.1) is 12.8 Å². The van der Waals surface area contributed by atoms with E-state index in [1.165, 1.54) is 27.5 Å². The summed E-state index contributed by atoms with van der Waals surface area (Å²) in [6.45, 7) is 2.03. The Bertz CT molecular complexity index is 1400. The van der Waals surface area contributed by atoms with Gasteiger partial charge in [0.2, 0.25) is 5.82 Å². The summed E-state index contributed by atoms with van der Waals surface area (Å²) in [5.41, 5.74) is 2.07. The smallest absolute Gasteiger partial charge is 0.201 e. The molecular weight excluding hydrogens is 585 g/mol. The van der Waals surface area contributed by atoms with Gasteiger partial charge in [0.25, 0.3) is 0 Å². The van der Waals surface area contributed by atoms with Crippen LogP contribution in [0.5, 0.6) is 5.75 Å². The number of aryl methyl sites for hydroxylation is 1. The van der Waals surface area contributed by atoms with Crippen molar-refractivity contribution in [3.63, 3.8) is 0 Å². The molecule has 0 saturated heterocycles. The summed E-state index contributed by atoms with van der Waals surface area (Å²) in [6.07, 6.45) is 2.93. The van der Waals surface area contributed by atoms with Crippen LogP contribution in [-0.2, 0) is 6.42 Å². The molecule has 204 valence electrons. The van der Waals surface area contributed by atoms with Crippen molar-refractivity contribution in [2.75, 3.05) is 12.8 Å². The van der Waals surface area contributed by atoms with Crippen molar-refractivity contribution in [3.05, 3.63) is 145 Å². The van der Waals surface area contributed by atoms with E-state index >= 15 is 0 Å². The molecule has 0 N–H and O–H groups in total. The highest BCUT2D eigenvalue weighted by Crippen LogP contribution is 2.55. The summed E-state index contributed by atoms with van der Waals surface area (Å²) < 4.78 is 34.3. The predicted octanol–water partition coefficient (Wildman–Crippen LogP) is 4.96. The standard InChI is InChI=1S/C35H32F2OP.BrH/c1-2-38-33-25-24-32(34(36)35(33)37)28-22-20-27(21-23-28)13-12-26-39(29-14-6-3-7-15-29,30-16-8-4-9-17-30)31-18-10-5-11-19-31;/h3-11,14-25H,2,12-13,26H2,1H3;1H/q+1;/p-1. The second-order valence-electron chi connectivity index (χ2n) is 9.51. The van der Waals surface area contributed by atoms with Gasteiger partial charge in [0, 0.05) is 5.56 Å². The minimum atomic E-state index is -1.87. The predicted molar refractivity (Wildman–Crippen MR) is 161 cm³/mol. The van der Waals surface area contributed by atoms with Crippen molar-refractivity contribution in [1.82, 2.24) is 0 Å². The van der Waals surface area contributed by atoms with Crippen LogP contribution in [0.15, 0.2) is 127 Å². The Balaban J connectivity index is 0.00000370. The molecule has 5 aromatic rings. The van der Waals surface area contributed by atoms with E-state index in [0.29, 0.717) is 5.56 Å². The maximum absolute atomic E-state index is 14.7. The van der Waals surface area contributed by atoms with Gasteiger partial charge in [-0.1, -0.05) is 78.9 Å². The number of ether oxygens (including phenoxy) is 1. The van der Waals surface area contributed by atoms with Gasteiger partial charge in [-0.05, 0) is 79.4 Å². The van der Waals surface area contributed by atoms with Crippen molar-refractivity contribution >= 4 is 23.2 Å². The molecule has 0 aromatic heterocycles. The third-order valence-electron chi connectivity index (χ3n) is 7.16. The zero-order valence-corrected chi connectivity index (χ0v) is 24.9. The van der Waals surface area contributed by atoms with E-state index in [4.69, 9.17) is 4.74 Å². The molecule has 40 heavy (non-hydrogen) atoms. The number of hydrogen-bond donors (Lipinski definition) is 0. The molecule has 1 nitrogen and oxygen atoms in total. The van der Waals surface area contributed by atoms with Gasteiger partial charge in [-0.25, -0.2) is 4.39 Å². The molecule has 5 rings (SSSR count). The van der Waals surface area contributed by atoms with E-state index in [1.54, 1.807) is 13.0 Å². The molecule has 0 aliphatic carbocycles. The average Bonchev–Trinajstić information content (AvgIpc) is 3.00. The lowest BCUT2D eigenvalue weighted by Crippen LogP contribution is -3.00. The fourth-order valence-electron chi connectivity index (χ4n) is 5.27. The van der Waals surface area contributed by atoms with Gasteiger partial charge < -0.3 is 21.7 Å². The lowest BCUT2D eigenvalue weighted by molar-refractivity contribution is -0.00000908. The topological polar surface area (TPSA) is 9.23 Å². The largest absolute Gasteiger partial charge is 1.00 e. The molecule has 5 aromatic carbocycles. The van der Waals surface area contributed by atoms with E-state index < -0.39 is 18.9 Å². The second kappa shape index (κ2) is 13.8. The van der Waals surface area contributed by atoms with E-state index in [9.17, 15) is 8.78 Å². The first-order chi connectivity index (χ1) is 19.1. The van der Waals surface area contributed by atoms with Crippen molar-refractivity contribution < 1.29 is 30.5 Å². The number of hydrogen-bond acceptors (Lipinski definition) is 1. The second-order valence-corrected chi connectivity index (χ2v) is 13.1. The molecule has 0 atom stereocenters. The maximum Gasteiger partial charge on any atom is 0.201 e.